The number of anilines is 2. The van der Waals surface area contributed by atoms with Crippen molar-refractivity contribution in [1.29, 1.82) is 0 Å². The molecule has 3 aromatic carbocycles. The van der Waals surface area contributed by atoms with Crippen LogP contribution in [0.25, 0.3) is 0 Å². The van der Waals surface area contributed by atoms with Crippen LogP contribution in [0.3, 0.4) is 0 Å². The molecular formula is C27H27N3O4. The number of amides is 2. The number of nitrogens with one attached hydrogen (secondary N) is 1. The van der Waals surface area contributed by atoms with Gasteiger partial charge < -0.3 is 19.7 Å². The maximum atomic E-state index is 13.7. The quantitative estimate of drug-likeness (QED) is 0.592. The molecular weight excluding hydrogens is 430 g/mol. The number of hydrogen-bond donors (Lipinski definition) is 1. The van der Waals surface area contributed by atoms with Gasteiger partial charge in [0.15, 0.2) is 6.61 Å². The zero-order chi connectivity index (χ0) is 23.5. The third-order valence-electron chi connectivity index (χ3n) is 6.30. The van der Waals surface area contributed by atoms with Crippen molar-refractivity contribution in [3.05, 3.63) is 83.9 Å². The van der Waals surface area contributed by atoms with Gasteiger partial charge in [0, 0.05) is 30.0 Å². The summed E-state index contributed by atoms with van der Waals surface area (Å²) in [5, 5.41) is 3.50. The van der Waals surface area contributed by atoms with Gasteiger partial charge in [-0.05, 0) is 55.3 Å². The van der Waals surface area contributed by atoms with E-state index in [4.69, 9.17) is 9.47 Å². The van der Waals surface area contributed by atoms with Crippen molar-refractivity contribution in [2.75, 3.05) is 37.0 Å². The van der Waals surface area contributed by atoms with Crippen molar-refractivity contribution in [3.63, 3.8) is 0 Å². The molecule has 0 spiro atoms. The Morgan fingerprint density at radius 2 is 1.68 bits per heavy atom. The molecule has 3 aromatic rings. The Morgan fingerprint density at radius 3 is 2.44 bits per heavy atom. The molecule has 2 amide bonds. The first-order valence-electron chi connectivity index (χ1n) is 11.5. The molecule has 7 nitrogen and oxygen atoms in total. The van der Waals surface area contributed by atoms with Gasteiger partial charge in [0.1, 0.15) is 17.7 Å². The van der Waals surface area contributed by atoms with Gasteiger partial charge in [0.2, 0.25) is 0 Å². The van der Waals surface area contributed by atoms with E-state index < -0.39 is 6.17 Å². The Balaban J connectivity index is 1.50. The van der Waals surface area contributed by atoms with Crippen LogP contribution in [-0.4, -0.2) is 43.5 Å². The number of likely N-dealkylation sites (tertiary alicyclic amines) is 1. The lowest BCUT2D eigenvalue weighted by Gasteiger charge is -2.38. The molecule has 1 fully saturated rings. The van der Waals surface area contributed by atoms with Crippen molar-refractivity contribution in [2.45, 2.75) is 19.0 Å². The zero-order valence-electron chi connectivity index (χ0n) is 19.1. The smallest absolute Gasteiger partial charge is 0.262 e. The summed E-state index contributed by atoms with van der Waals surface area (Å²) < 4.78 is 11.3. The second kappa shape index (κ2) is 9.47. The van der Waals surface area contributed by atoms with Gasteiger partial charge in [-0.1, -0.05) is 30.3 Å². The molecule has 7 heteroatoms. The number of carbonyl (C=O) groups is 2. The van der Waals surface area contributed by atoms with Crippen molar-refractivity contribution in [3.8, 4) is 11.5 Å². The first-order valence-corrected chi connectivity index (χ1v) is 11.5. The molecule has 0 unspecified atom stereocenters. The van der Waals surface area contributed by atoms with Crippen LogP contribution in [-0.2, 0) is 4.79 Å². The summed E-state index contributed by atoms with van der Waals surface area (Å²) in [6.07, 6.45) is 1.55. The fourth-order valence-corrected chi connectivity index (χ4v) is 4.52. The normalized spacial score (nSPS) is 17.2. The van der Waals surface area contributed by atoms with Crippen molar-refractivity contribution < 1.29 is 19.1 Å². The Morgan fingerprint density at radius 1 is 0.971 bits per heavy atom. The zero-order valence-corrected chi connectivity index (χ0v) is 19.1. The minimum atomic E-state index is -0.520. The van der Waals surface area contributed by atoms with Crippen molar-refractivity contribution >= 4 is 23.2 Å². The molecule has 0 radical (unpaired) electrons. The molecule has 0 aromatic heterocycles. The highest BCUT2D eigenvalue weighted by Gasteiger charge is 2.35. The van der Waals surface area contributed by atoms with E-state index in [1.807, 2.05) is 77.7 Å². The van der Waals surface area contributed by atoms with Crippen LogP contribution < -0.4 is 19.7 Å². The standard InChI is InChI=1S/C27H27N3O4/c1-33-20-14-12-19(13-15-20)30-26(28-23-10-4-2-8-21(23)27(30)32)22-9-3-5-11-24(22)34-18-25(31)29-16-6-7-17-29/h2-5,8-15,26,28H,6-7,16-18H2,1H3/t26-/m0/s1. The lowest BCUT2D eigenvalue weighted by atomic mass is 10.0. The average Bonchev–Trinajstić information content (AvgIpc) is 3.43. The summed E-state index contributed by atoms with van der Waals surface area (Å²) in [6, 6.07) is 22.4. The SMILES string of the molecule is COc1ccc(N2C(=O)c3ccccc3N[C@@H]2c2ccccc2OCC(=O)N2CCCC2)cc1. The van der Waals surface area contributed by atoms with E-state index in [0.29, 0.717) is 17.1 Å². The van der Waals surface area contributed by atoms with E-state index in [9.17, 15) is 9.59 Å². The van der Waals surface area contributed by atoms with E-state index in [1.165, 1.54) is 0 Å². The van der Waals surface area contributed by atoms with Crippen LogP contribution >= 0.6 is 0 Å². The van der Waals surface area contributed by atoms with E-state index in [-0.39, 0.29) is 18.4 Å². The number of fused-ring (bicyclic) bond motifs is 1. The van der Waals surface area contributed by atoms with Gasteiger partial charge in [-0.3, -0.25) is 14.5 Å². The lowest BCUT2D eigenvalue weighted by Crippen LogP contribution is -2.43. The lowest BCUT2D eigenvalue weighted by molar-refractivity contribution is -0.132. The Hall–Kier alpha value is -4.00. The first-order chi connectivity index (χ1) is 16.7. The maximum absolute atomic E-state index is 13.7. The van der Waals surface area contributed by atoms with Gasteiger partial charge in [-0.15, -0.1) is 0 Å². The molecule has 1 N–H and O–H groups in total. The molecule has 0 saturated carbocycles. The van der Waals surface area contributed by atoms with E-state index in [1.54, 1.807) is 12.0 Å². The predicted octanol–water partition coefficient (Wildman–Crippen LogP) is 4.47. The van der Waals surface area contributed by atoms with Crippen molar-refractivity contribution in [2.24, 2.45) is 0 Å². The van der Waals surface area contributed by atoms with Crippen LogP contribution in [0.4, 0.5) is 11.4 Å². The van der Waals surface area contributed by atoms with Crippen LogP contribution in [0.15, 0.2) is 72.8 Å². The van der Waals surface area contributed by atoms with Gasteiger partial charge >= 0.3 is 0 Å². The van der Waals surface area contributed by atoms with Gasteiger partial charge in [-0.25, -0.2) is 0 Å². The van der Waals surface area contributed by atoms with Crippen LogP contribution in [0.2, 0.25) is 0 Å². The second-order valence-electron chi connectivity index (χ2n) is 8.38. The fourth-order valence-electron chi connectivity index (χ4n) is 4.52. The first kappa shape index (κ1) is 21.8. The highest BCUT2D eigenvalue weighted by molar-refractivity contribution is 6.12. The topological polar surface area (TPSA) is 71.1 Å². The highest BCUT2D eigenvalue weighted by atomic mass is 16.5. The van der Waals surface area contributed by atoms with Crippen LogP contribution in [0, 0.1) is 0 Å². The molecule has 0 bridgehead atoms. The molecule has 0 aliphatic carbocycles. The molecule has 2 aliphatic rings. The number of ether oxygens (including phenoxy) is 2. The molecule has 2 aliphatic heterocycles. The molecule has 2 heterocycles. The molecule has 34 heavy (non-hydrogen) atoms. The van der Waals surface area contributed by atoms with E-state index in [0.717, 1.165) is 42.9 Å². The van der Waals surface area contributed by atoms with E-state index in [2.05, 4.69) is 5.32 Å². The molecule has 1 atom stereocenters. The third-order valence-corrected chi connectivity index (χ3v) is 6.30. The number of carbonyl (C=O) groups excluding carboxylic acids is 2. The number of methoxy groups -OCH3 is 1. The molecule has 5 rings (SSSR count). The number of para-hydroxylation sites is 2. The Labute approximate surface area is 198 Å². The van der Waals surface area contributed by atoms with E-state index >= 15 is 0 Å². The fraction of sp³-hybridized carbons (Fsp3) is 0.259. The summed E-state index contributed by atoms with van der Waals surface area (Å²) in [5.74, 6) is 1.14. The minimum absolute atomic E-state index is 0.0164. The predicted molar refractivity (Wildman–Crippen MR) is 130 cm³/mol. The molecule has 174 valence electrons. The summed E-state index contributed by atoms with van der Waals surface area (Å²) in [7, 11) is 1.61. The highest BCUT2D eigenvalue weighted by Crippen LogP contribution is 2.39. The largest absolute Gasteiger partial charge is 0.497 e. The summed E-state index contributed by atoms with van der Waals surface area (Å²) >= 11 is 0. The second-order valence-corrected chi connectivity index (χ2v) is 8.38. The van der Waals surface area contributed by atoms with Crippen LogP contribution in [0.1, 0.15) is 34.9 Å². The van der Waals surface area contributed by atoms with Crippen molar-refractivity contribution in [1.82, 2.24) is 4.90 Å². The maximum Gasteiger partial charge on any atom is 0.262 e. The number of benzene rings is 3. The number of rotatable bonds is 6. The Kier molecular flexibility index (Phi) is 6.08. The summed E-state index contributed by atoms with van der Waals surface area (Å²) in [6.45, 7) is 1.53. The summed E-state index contributed by atoms with van der Waals surface area (Å²) in [4.78, 5) is 29.8. The minimum Gasteiger partial charge on any atom is -0.497 e. The average molecular weight is 458 g/mol. The van der Waals surface area contributed by atoms with Gasteiger partial charge in [0.25, 0.3) is 11.8 Å². The van der Waals surface area contributed by atoms with Gasteiger partial charge in [0.05, 0.1) is 12.7 Å². The van der Waals surface area contributed by atoms with Gasteiger partial charge in [-0.2, -0.15) is 0 Å². The van der Waals surface area contributed by atoms with Crippen LogP contribution in [0.5, 0.6) is 11.5 Å². The molecule has 1 saturated heterocycles. The summed E-state index contributed by atoms with van der Waals surface area (Å²) in [5.41, 5.74) is 2.85. The monoisotopic (exact) mass is 457 g/mol. The number of nitrogens with zero attached hydrogens (tertiary/aromatic N) is 2. The number of hydrogen-bond acceptors (Lipinski definition) is 5. The third kappa shape index (κ3) is 4.17. The Bertz CT molecular complexity index is 1190.